The summed E-state index contributed by atoms with van der Waals surface area (Å²) in [5.41, 5.74) is 2.11. The summed E-state index contributed by atoms with van der Waals surface area (Å²) in [5, 5.41) is 2.53. The van der Waals surface area contributed by atoms with Crippen LogP contribution in [0.15, 0.2) is 53.5 Å². The molecular weight excluding hydrogens is 378 g/mol. The molecule has 1 atom stereocenters. The van der Waals surface area contributed by atoms with Crippen LogP contribution in [0, 0.1) is 12.8 Å². The SMILES string of the molecule is COC(=O)c1ccccc1N=C[C@H]1C(=O)NC(=S)N(c2ccc(C)cc2)C1=O. The van der Waals surface area contributed by atoms with E-state index < -0.39 is 23.7 Å². The first-order chi connectivity index (χ1) is 13.4. The van der Waals surface area contributed by atoms with Crippen molar-refractivity contribution in [2.45, 2.75) is 6.92 Å². The largest absolute Gasteiger partial charge is 0.465 e. The molecule has 0 radical (unpaired) electrons. The summed E-state index contributed by atoms with van der Waals surface area (Å²) in [6.07, 6.45) is 1.21. The molecule has 142 valence electrons. The number of para-hydroxylation sites is 1. The minimum Gasteiger partial charge on any atom is -0.465 e. The number of hydrogen-bond donors (Lipinski definition) is 1. The van der Waals surface area contributed by atoms with Crippen LogP contribution < -0.4 is 10.2 Å². The lowest BCUT2D eigenvalue weighted by Gasteiger charge is -2.31. The molecule has 0 unspecified atom stereocenters. The molecule has 2 aromatic rings. The normalized spacial score (nSPS) is 17.0. The van der Waals surface area contributed by atoms with Crippen LogP contribution in [0.3, 0.4) is 0 Å². The number of esters is 1. The second kappa shape index (κ2) is 8.10. The van der Waals surface area contributed by atoms with Crippen molar-refractivity contribution < 1.29 is 19.1 Å². The van der Waals surface area contributed by atoms with Gasteiger partial charge in [0.05, 0.1) is 24.0 Å². The van der Waals surface area contributed by atoms with Gasteiger partial charge in [0, 0.05) is 6.21 Å². The first-order valence-electron chi connectivity index (χ1n) is 8.39. The van der Waals surface area contributed by atoms with Crippen molar-refractivity contribution >= 4 is 52.7 Å². The number of hydrogen-bond acceptors (Lipinski definition) is 6. The summed E-state index contributed by atoms with van der Waals surface area (Å²) in [5.74, 6) is -2.83. The summed E-state index contributed by atoms with van der Waals surface area (Å²) in [6, 6.07) is 13.7. The molecule has 2 amide bonds. The molecule has 0 saturated carbocycles. The Bertz CT molecular complexity index is 985. The number of aryl methyl sites for hydroxylation is 1. The first kappa shape index (κ1) is 19.4. The van der Waals surface area contributed by atoms with Crippen LogP contribution in [0.4, 0.5) is 11.4 Å². The highest BCUT2D eigenvalue weighted by molar-refractivity contribution is 7.80. The quantitative estimate of drug-likeness (QED) is 0.372. The molecule has 1 saturated heterocycles. The summed E-state index contributed by atoms with van der Waals surface area (Å²) in [6.45, 7) is 1.93. The molecular formula is C20H17N3O4S. The maximum Gasteiger partial charge on any atom is 0.340 e. The van der Waals surface area contributed by atoms with E-state index in [0.717, 1.165) is 5.56 Å². The minimum absolute atomic E-state index is 0.0125. The van der Waals surface area contributed by atoms with Gasteiger partial charge in [0.25, 0.3) is 5.91 Å². The average Bonchev–Trinajstić information content (AvgIpc) is 2.68. The number of aliphatic imine (C=N–C) groups is 1. The molecule has 1 aliphatic heterocycles. The maximum atomic E-state index is 12.9. The summed E-state index contributed by atoms with van der Waals surface area (Å²) in [7, 11) is 1.27. The number of thiocarbonyl (C=S) groups is 1. The fourth-order valence-electron chi connectivity index (χ4n) is 2.68. The van der Waals surface area contributed by atoms with Crippen molar-refractivity contribution in [2.75, 3.05) is 12.0 Å². The van der Waals surface area contributed by atoms with Crippen molar-refractivity contribution in [3.05, 3.63) is 59.7 Å². The van der Waals surface area contributed by atoms with Gasteiger partial charge < -0.3 is 10.1 Å². The molecule has 0 spiro atoms. The van der Waals surface area contributed by atoms with Gasteiger partial charge in [-0.05, 0) is 43.4 Å². The number of amides is 2. The monoisotopic (exact) mass is 395 g/mol. The van der Waals surface area contributed by atoms with Crippen LogP contribution in [0.1, 0.15) is 15.9 Å². The van der Waals surface area contributed by atoms with E-state index in [9.17, 15) is 14.4 Å². The number of nitrogens with one attached hydrogen (secondary N) is 1. The highest BCUT2D eigenvalue weighted by atomic mass is 32.1. The van der Waals surface area contributed by atoms with Crippen LogP contribution in [0.5, 0.6) is 0 Å². The molecule has 28 heavy (non-hydrogen) atoms. The molecule has 1 N–H and O–H groups in total. The van der Waals surface area contributed by atoms with E-state index in [1.54, 1.807) is 36.4 Å². The van der Waals surface area contributed by atoms with E-state index in [1.807, 2.05) is 19.1 Å². The highest BCUT2D eigenvalue weighted by Gasteiger charge is 2.38. The second-order valence-corrected chi connectivity index (χ2v) is 6.45. The highest BCUT2D eigenvalue weighted by Crippen LogP contribution is 2.23. The molecule has 1 fully saturated rings. The van der Waals surface area contributed by atoms with Gasteiger partial charge in [-0.15, -0.1) is 0 Å². The third-order valence-electron chi connectivity index (χ3n) is 4.17. The summed E-state index contributed by atoms with van der Waals surface area (Å²) in [4.78, 5) is 42.5. The van der Waals surface area contributed by atoms with Gasteiger partial charge in [-0.25, -0.2) is 4.79 Å². The van der Waals surface area contributed by atoms with Gasteiger partial charge in [0.1, 0.15) is 0 Å². The predicted octanol–water partition coefficient (Wildman–Crippen LogP) is 2.55. The molecule has 8 heteroatoms. The Labute approximate surface area is 167 Å². The van der Waals surface area contributed by atoms with Crippen molar-refractivity contribution in [3.8, 4) is 0 Å². The van der Waals surface area contributed by atoms with Gasteiger partial charge in [-0.2, -0.15) is 0 Å². The number of nitrogens with zero attached hydrogens (tertiary/aromatic N) is 2. The molecule has 1 heterocycles. The van der Waals surface area contributed by atoms with E-state index in [1.165, 1.54) is 18.2 Å². The Kier molecular flexibility index (Phi) is 5.60. The molecule has 3 rings (SSSR count). The summed E-state index contributed by atoms with van der Waals surface area (Å²) < 4.78 is 4.73. The third kappa shape index (κ3) is 3.81. The number of benzene rings is 2. The molecule has 0 aromatic heterocycles. The Balaban J connectivity index is 1.91. The lowest BCUT2D eigenvalue weighted by atomic mass is 10.1. The zero-order chi connectivity index (χ0) is 20.3. The number of carbonyl (C=O) groups excluding carboxylic acids is 3. The number of anilines is 1. The summed E-state index contributed by atoms with van der Waals surface area (Å²) >= 11 is 5.16. The Hall–Kier alpha value is -3.39. The van der Waals surface area contributed by atoms with E-state index in [-0.39, 0.29) is 10.7 Å². The molecule has 1 aliphatic rings. The van der Waals surface area contributed by atoms with Gasteiger partial charge in [-0.1, -0.05) is 29.8 Å². The van der Waals surface area contributed by atoms with Crippen molar-refractivity contribution in [2.24, 2.45) is 10.9 Å². The zero-order valence-electron chi connectivity index (χ0n) is 15.2. The van der Waals surface area contributed by atoms with Gasteiger partial charge in [-0.3, -0.25) is 19.5 Å². The minimum atomic E-state index is -1.18. The average molecular weight is 395 g/mol. The third-order valence-corrected chi connectivity index (χ3v) is 4.45. The molecule has 0 bridgehead atoms. The zero-order valence-corrected chi connectivity index (χ0v) is 16.0. The smallest absolute Gasteiger partial charge is 0.340 e. The van der Waals surface area contributed by atoms with E-state index in [4.69, 9.17) is 17.0 Å². The van der Waals surface area contributed by atoms with Crippen molar-refractivity contribution in [1.29, 1.82) is 0 Å². The number of ether oxygens (including phenoxy) is 1. The maximum absolute atomic E-state index is 12.9. The molecule has 2 aromatic carbocycles. The Morgan fingerprint density at radius 1 is 1.18 bits per heavy atom. The predicted molar refractivity (Wildman–Crippen MR) is 109 cm³/mol. The van der Waals surface area contributed by atoms with E-state index >= 15 is 0 Å². The van der Waals surface area contributed by atoms with Gasteiger partial charge in [0.15, 0.2) is 11.0 Å². The fraction of sp³-hybridized carbons (Fsp3) is 0.150. The van der Waals surface area contributed by atoms with Crippen LogP contribution in [0.25, 0.3) is 0 Å². The van der Waals surface area contributed by atoms with Crippen LogP contribution in [-0.4, -0.2) is 36.2 Å². The molecule has 7 nitrogen and oxygen atoms in total. The van der Waals surface area contributed by atoms with Crippen LogP contribution in [-0.2, 0) is 14.3 Å². The standard InChI is InChI=1S/C20H17N3O4S/c1-12-7-9-13(10-8-12)23-18(25)15(17(24)22-20(23)28)11-21-16-6-4-3-5-14(16)19(26)27-2/h3-11,15H,1-2H3,(H,22,24,28)/t15-/m0/s1. The fourth-order valence-corrected chi connectivity index (χ4v) is 2.98. The van der Waals surface area contributed by atoms with Crippen LogP contribution in [0.2, 0.25) is 0 Å². The van der Waals surface area contributed by atoms with E-state index in [0.29, 0.717) is 11.4 Å². The van der Waals surface area contributed by atoms with Crippen molar-refractivity contribution in [1.82, 2.24) is 5.32 Å². The van der Waals surface area contributed by atoms with E-state index in [2.05, 4.69) is 10.3 Å². The molecule has 0 aliphatic carbocycles. The Morgan fingerprint density at radius 3 is 2.54 bits per heavy atom. The first-order valence-corrected chi connectivity index (χ1v) is 8.80. The van der Waals surface area contributed by atoms with Crippen LogP contribution >= 0.6 is 12.2 Å². The number of carbonyl (C=O) groups is 3. The second-order valence-electron chi connectivity index (χ2n) is 6.07. The Morgan fingerprint density at radius 2 is 1.86 bits per heavy atom. The van der Waals surface area contributed by atoms with Crippen molar-refractivity contribution in [3.63, 3.8) is 0 Å². The van der Waals surface area contributed by atoms with Gasteiger partial charge >= 0.3 is 5.97 Å². The lowest BCUT2D eigenvalue weighted by molar-refractivity contribution is -0.130. The van der Waals surface area contributed by atoms with Gasteiger partial charge in [0.2, 0.25) is 5.91 Å². The lowest BCUT2D eigenvalue weighted by Crippen LogP contribution is -2.58. The number of rotatable bonds is 4. The topological polar surface area (TPSA) is 88.1 Å². The number of methoxy groups -OCH3 is 1.